The molecule has 3 heterocycles. The molecule has 0 amide bonds. The molecular formula is C17H25N5O. The van der Waals surface area contributed by atoms with Crippen molar-refractivity contribution in [2.24, 2.45) is 5.92 Å². The maximum atomic E-state index is 5.80. The number of anilines is 1. The van der Waals surface area contributed by atoms with Crippen LogP contribution in [0.2, 0.25) is 0 Å². The second-order valence-electron chi connectivity index (χ2n) is 6.30. The molecule has 3 rings (SSSR count). The Morgan fingerprint density at radius 2 is 2.30 bits per heavy atom. The zero-order valence-electron chi connectivity index (χ0n) is 13.9. The molecule has 1 fully saturated rings. The molecule has 0 spiro atoms. The molecule has 124 valence electrons. The van der Waals surface area contributed by atoms with Gasteiger partial charge in [0.1, 0.15) is 11.6 Å². The maximum Gasteiger partial charge on any atom is 0.128 e. The van der Waals surface area contributed by atoms with Gasteiger partial charge in [-0.1, -0.05) is 6.07 Å². The summed E-state index contributed by atoms with van der Waals surface area (Å²) in [6.07, 6.45) is 4.62. The van der Waals surface area contributed by atoms with Gasteiger partial charge in [-0.3, -0.25) is 4.90 Å². The largest absolute Gasteiger partial charge is 0.380 e. The van der Waals surface area contributed by atoms with Crippen molar-refractivity contribution in [3.8, 4) is 0 Å². The summed E-state index contributed by atoms with van der Waals surface area (Å²) >= 11 is 0. The molecule has 0 radical (unpaired) electrons. The van der Waals surface area contributed by atoms with Crippen LogP contribution >= 0.6 is 0 Å². The zero-order valence-corrected chi connectivity index (χ0v) is 13.9. The first-order chi connectivity index (χ1) is 11.2. The predicted octanol–water partition coefficient (Wildman–Crippen LogP) is 1.56. The number of pyridine rings is 1. The fourth-order valence-electron chi connectivity index (χ4n) is 2.94. The Hall–Kier alpha value is -1.92. The van der Waals surface area contributed by atoms with E-state index in [1.165, 1.54) is 0 Å². The minimum atomic E-state index is 0.456. The van der Waals surface area contributed by atoms with E-state index in [0.717, 1.165) is 56.6 Å². The maximum absolute atomic E-state index is 5.80. The predicted molar refractivity (Wildman–Crippen MR) is 90.4 cm³/mol. The first-order valence-electron chi connectivity index (χ1n) is 8.12. The number of H-pyrrole nitrogens is 1. The Bertz CT molecular complexity index is 599. The highest BCUT2D eigenvalue weighted by Gasteiger charge is 2.20. The van der Waals surface area contributed by atoms with E-state index in [1.54, 1.807) is 6.20 Å². The highest BCUT2D eigenvalue weighted by Crippen LogP contribution is 2.16. The summed E-state index contributed by atoms with van der Waals surface area (Å²) in [5.74, 6) is 2.47. The van der Waals surface area contributed by atoms with E-state index in [0.29, 0.717) is 5.92 Å². The van der Waals surface area contributed by atoms with E-state index in [2.05, 4.69) is 27.0 Å². The average molecular weight is 315 g/mol. The normalized spacial score (nSPS) is 19.5. The molecule has 0 bridgehead atoms. The van der Waals surface area contributed by atoms with Crippen LogP contribution in [0.15, 0.2) is 30.6 Å². The minimum absolute atomic E-state index is 0.456. The van der Waals surface area contributed by atoms with Crippen LogP contribution in [0.4, 0.5) is 5.82 Å². The SMILES string of the molecule is CN(C)c1cccc(CC2COCCN(Cc3ncc[nH]3)C2)n1. The van der Waals surface area contributed by atoms with Crippen molar-refractivity contribution in [3.05, 3.63) is 42.1 Å². The first-order valence-corrected chi connectivity index (χ1v) is 8.12. The number of aromatic amines is 1. The minimum Gasteiger partial charge on any atom is -0.380 e. The fourth-order valence-corrected chi connectivity index (χ4v) is 2.94. The monoisotopic (exact) mass is 315 g/mol. The van der Waals surface area contributed by atoms with E-state index in [1.807, 2.05) is 31.3 Å². The average Bonchev–Trinajstić information content (AvgIpc) is 2.94. The van der Waals surface area contributed by atoms with E-state index >= 15 is 0 Å². The number of nitrogens with one attached hydrogen (secondary N) is 1. The molecule has 2 aromatic rings. The molecule has 23 heavy (non-hydrogen) atoms. The Balaban J connectivity index is 1.63. The highest BCUT2D eigenvalue weighted by atomic mass is 16.5. The molecule has 6 nitrogen and oxygen atoms in total. The van der Waals surface area contributed by atoms with Gasteiger partial charge in [-0.2, -0.15) is 0 Å². The molecule has 1 saturated heterocycles. The number of imidazole rings is 1. The lowest BCUT2D eigenvalue weighted by molar-refractivity contribution is 0.121. The number of rotatable bonds is 5. The van der Waals surface area contributed by atoms with Gasteiger partial charge in [0.05, 0.1) is 19.8 Å². The summed E-state index contributed by atoms with van der Waals surface area (Å²) in [6, 6.07) is 6.22. The summed E-state index contributed by atoms with van der Waals surface area (Å²) < 4.78 is 5.80. The van der Waals surface area contributed by atoms with Crippen molar-refractivity contribution < 1.29 is 4.74 Å². The Kier molecular flexibility index (Phi) is 5.25. The summed E-state index contributed by atoms with van der Waals surface area (Å²) in [7, 11) is 4.04. The summed E-state index contributed by atoms with van der Waals surface area (Å²) in [5, 5.41) is 0. The topological polar surface area (TPSA) is 57.3 Å². The lowest BCUT2D eigenvalue weighted by atomic mass is 10.0. The molecule has 1 N–H and O–H groups in total. The van der Waals surface area contributed by atoms with Crippen LogP contribution in [-0.4, -0.2) is 60.3 Å². The van der Waals surface area contributed by atoms with Crippen LogP contribution in [0.25, 0.3) is 0 Å². The Morgan fingerprint density at radius 1 is 1.39 bits per heavy atom. The number of ether oxygens (including phenoxy) is 1. The van der Waals surface area contributed by atoms with Gasteiger partial charge in [0.15, 0.2) is 0 Å². The molecule has 2 aromatic heterocycles. The molecule has 1 atom stereocenters. The van der Waals surface area contributed by atoms with Crippen molar-refractivity contribution in [2.45, 2.75) is 13.0 Å². The molecule has 0 aromatic carbocycles. The summed E-state index contributed by atoms with van der Waals surface area (Å²) in [4.78, 5) is 16.7. The van der Waals surface area contributed by atoms with Crippen LogP contribution in [0.5, 0.6) is 0 Å². The van der Waals surface area contributed by atoms with Gasteiger partial charge in [0.2, 0.25) is 0 Å². The van der Waals surface area contributed by atoms with Crippen molar-refractivity contribution in [1.82, 2.24) is 19.9 Å². The summed E-state index contributed by atoms with van der Waals surface area (Å²) in [6.45, 7) is 4.37. The summed E-state index contributed by atoms with van der Waals surface area (Å²) in [5.41, 5.74) is 1.13. The third kappa shape index (κ3) is 4.53. The lowest BCUT2D eigenvalue weighted by Gasteiger charge is -2.22. The van der Waals surface area contributed by atoms with Crippen LogP contribution < -0.4 is 4.90 Å². The first kappa shape index (κ1) is 16.0. The number of nitrogens with zero attached hydrogens (tertiary/aromatic N) is 4. The third-order valence-corrected chi connectivity index (χ3v) is 4.10. The van der Waals surface area contributed by atoms with E-state index < -0.39 is 0 Å². The van der Waals surface area contributed by atoms with Gasteiger partial charge in [-0.05, 0) is 18.6 Å². The number of aromatic nitrogens is 3. The van der Waals surface area contributed by atoms with Crippen LogP contribution in [0.3, 0.4) is 0 Å². The van der Waals surface area contributed by atoms with Crippen LogP contribution in [0, 0.1) is 5.92 Å². The third-order valence-electron chi connectivity index (χ3n) is 4.10. The molecule has 1 aliphatic heterocycles. The molecular weight excluding hydrogens is 290 g/mol. The van der Waals surface area contributed by atoms with E-state index in [4.69, 9.17) is 9.72 Å². The quantitative estimate of drug-likeness (QED) is 0.907. The second kappa shape index (κ2) is 7.57. The van der Waals surface area contributed by atoms with E-state index in [9.17, 15) is 0 Å². The second-order valence-corrected chi connectivity index (χ2v) is 6.30. The van der Waals surface area contributed by atoms with Gasteiger partial charge in [0.25, 0.3) is 0 Å². The standard InChI is InChI=1S/C17H25N5O/c1-21(2)17-5-3-4-15(20-17)10-14-11-22(8-9-23-13-14)12-16-18-6-7-19-16/h3-7,14H,8-13H2,1-2H3,(H,18,19). The zero-order chi connectivity index (χ0) is 16.1. The molecule has 0 aliphatic carbocycles. The number of hydrogen-bond acceptors (Lipinski definition) is 5. The van der Waals surface area contributed by atoms with Gasteiger partial charge < -0.3 is 14.6 Å². The van der Waals surface area contributed by atoms with Gasteiger partial charge in [-0.25, -0.2) is 9.97 Å². The van der Waals surface area contributed by atoms with Crippen molar-refractivity contribution in [3.63, 3.8) is 0 Å². The Labute approximate surface area is 137 Å². The van der Waals surface area contributed by atoms with Crippen LogP contribution in [0.1, 0.15) is 11.5 Å². The highest BCUT2D eigenvalue weighted by molar-refractivity contribution is 5.37. The Morgan fingerprint density at radius 3 is 3.09 bits per heavy atom. The van der Waals surface area contributed by atoms with Crippen molar-refractivity contribution >= 4 is 5.82 Å². The number of hydrogen-bond donors (Lipinski definition) is 1. The lowest BCUT2D eigenvalue weighted by Crippen LogP contribution is -2.31. The van der Waals surface area contributed by atoms with Crippen LogP contribution in [-0.2, 0) is 17.7 Å². The van der Waals surface area contributed by atoms with Gasteiger partial charge in [0, 0.05) is 51.2 Å². The molecule has 0 saturated carbocycles. The van der Waals surface area contributed by atoms with Gasteiger partial charge >= 0.3 is 0 Å². The van der Waals surface area contributed by atoms with Gasteiger partial charge in [-0.15, -0.1) is 0 Å². The smallest absolute Gasteiger partial charge is 0.128 e. The molecule has 1 unspecified atom stereocenters. The van der Waals surface area contributed by atoms with E-state index in [-0.39, 0.29) is 0 Å². The van der Waals surface area contributed by atoms with Crippen molar-refractivity contribution in [2.75, 3.05) is 45.3 Å². The van der Waals surface area contributed by atoms with Crippen molar-refractivity contribution in [1.29, 1.82) is 0 Å². The molecule has 1 aliphatic rings. The fraction of sp³-hybridized carbons (Fsp3) is 0.529. The molecule has 6 heteroatoms.